The largest absolute Gasteiger partial charge is 0.495 e. The number of nitrogens with one attached hydrogen (secondary N) is 2. The number of methoxy groups -OCH3 is 1. The van der Waals surface area contributed by atoms with E-state index in [9.17, 15) is 4.79 Å². The van der Waals surface area contributed by atoms with Crippen LogP contribution < -0.4 is 15.4 Å². The van der Waals surface area contributed by atoms with Crippen LogP contribution in [0.1, 0.15) is 19.3 Å². The number of anilines is 1. The van der Waals surface area contributed by atoms with Gasteiger partial charge in [0.2, 0.25) is 0 Å². The van der Waals surface area contributed by atoms with Gasteiger partial charge in [-0.05, 0) is 50.4 Å². The van der Waals surface area contributed by atoms with Crippen LogP contribution in [0.5, 0.6) is 5.75 Å². The molecule has 2 aliphatic rings. The summed E-state index contributed by atoms with van der Waals surface area (Å²) in [6.45, 7) is 4.71. The molecule has 1 aromatic rings. The van der Waals surface area contributed by atoms with Gasteiger partial charge in [-0.25, -0.2) is 4.79 Å². The van der Waals surface area contributed by atoms with Gasteiger partial charge >= 0.3 is 6.03 Å². The highest BCUT2D eigenvalue weighted by molar-refractivity contribution is 5.90. The lowest BCUT2D eigenvalue weighted by atomic mass is 9.95. The Morgan fingerprint density at radius 1 is 1.29 bits per heavy atom. The Labute approximate surface area is 143 Å². The monoisotopic (exact) mass is 333 g/mol. The number of nitrogens with zero attached hydrogens (tertiary/aromatic N) is 1. The summed E-state index contributed by atoms with van der Waals surface area (Å²) in [7, 11) is 1.60. The fourth-order valence-corrected chi connectivity index (χ4v) is 3.48. The number of amides is 2. The molecule has 6 heteroatoms. The van der Waals surface area contributed by atoms with Crippen molar-refractivity contribution in [2.75, 3.05) is 45.3 Å². The van der Waals surface area contributed by atoms with E-state index < -0.39 is 0 Å². The Bertz CT molecular complexity index is 538. The van der Waals surface area contributed by atoms with E-state index in [0.717, 1.165) is 52.1 Å². The Balaban J connectivity index is 1.39. The maximum atomic E-state index is 12.1. The molecule has 2 N–H and O–H groups in total. The zero-order valence-electron chi connectivity index (χ0n) is 14.3. The fourth-order valence-electron chi connectivity index (χ4n) is 3.48. The second-order valence-electron chi connectivity index (χ2n) is 6.53. The molecule has 6 nitrogen and oxygen atoms in total. The van der Waals surface area contributed by atoms with Crippen LogP contribution in [0.25, 0.3) is 0 Å². The van der Waals surface area contributed by atoms with E-state index in [0.29, 0.717) is 23.4 Å². The van der Waals surface area contributed by atoms with Crippen LogP contribution in [0.2, 0.25) is 0 Å². The quantitative estimate of drug-likeness (QED) is 0.868. The van der Waals surface area contributed by atoms with E-state index in [1.54, 1.807) is 7.11 Å². The Kier molecular flexibility index (Phi) is 5.93. The zero-order valence-corrected chi connectivity index (χ0v) is 14.3. The molecule has 2 amide bonds. The second kappa shape index (κ2) is 8.35. The summed E-state index contributed by atoms with van der Waals surface area (Å²) >= 11 is 0. The molecule has 132 valence electrons. The first-order valence-corrected chi connectivity index (χ1v) is 8.76. The molecular weight excluding hydrogens is 306 g/mol. The molecule has 1 aromatic carbocycles. The standard InChI is InChI=1S/C18H27N3O3/c1-23-17-5-3-2-4-16(17)20-18(22)19-12-14-6-9-21(10-7-14)15-8-11-24-13-15/h2-5,14-15H,6-13H2,1H3,(H2,19,20,22). The number of benzene rings is 1. The molecule has 3 rings (SSSR count). The molecule has 2 fully saturated rings. The highest BCUT2D eigenvalue weighted by Crippen LogP contribution is 2.23. The van der Waals surface area contributed by atoms with Crippen LogP contribution in [-0.2, 0) is 4.74 Å². The SMILES string of the molecule is COc1ccccc1NC(=O)NCC1CCN(C2CCOC2)CC1. The highest BCUT2D eigenvalue weighted by Gasteiger charge is 2.27. The first-order valence-electron chi connectivity index (χ1n) is 8.76. The van der Waals surface area contributed by atoms with Crippen LogP contribution in [0.3, 0.4) is 0 Å². The molecule has 0 saturated carbocycles. The number of hydrogen-bond acceptors (Lipinski definition) is 4. The molecule has 2 heterocycles. The molecule has 1 atom stereocenters. The molecule has 0 aromatic heterocycles. The number of piperidine rings is 1. The number of para-hydroxylation sites is 2. The summed E-state index contributed by atoms with van der Waals surface area (Å²) in [6.07, 6.45) is 3.42. The van der Waals surface area contributed by atoms with Crippen LogP contribution >= 0.6 is 0 Å². The predicted molar refractivity (Wildman–Crippen MR) is 93.5 cm³/mol. The Hall–Kier alpha value is -1.79. The average molecular weight is 333 g/mol. The third-order valence-electron chi connectivity index (χ3n) is 4.98. The van der Waals surface area contributed by atoms with E-state index in [1.165, 1.54) is 0 Å². The van der Waals surface area contributed by atoms with Crippen LogP contribution in [0.15, 0.2) is 24.3 Å². The van der Waals surface area contributed by atoms with Crippen molar-refractivity contribution in [1.29, 1.82) is 0 Å². The van der Waals surface area contributed by atoms with Gasteiger partial charge in [0, 0.05) is 19.2 Å². The topological polar surface area (TPSA) is 62.8 Å². The van der Waals surface area contributed by atoms with Crippen molar-refractivity contribution in [2.45, 2.75) is 25.3 Å². The van der Waals surface area contributed by atoms with Gasteiger partial charge < -0.3 is 20.1 Å². The van der Waals surface area contributed by atoms with E-state index in [1.807, 2.05) is 24.3 Å². The molecule has 2 aliphatic heterocycles. The maximum absolute atomic E-state index is 12.1. The van der Waals surface area contributed by atoms with Crippen molar-refractivity contribution in [3.05, 3.63) is 24.3 Å². The summed E-state index contributed by atoms with van der Waals surface area (Å²) in [4.78, 5) is 14.6. The smallest absolute Gasteiger partial charge is 0.319 e. The fraction of sp³-hybridized carbons (Fsp3) is 0.611. The number of ether oxygens (including phenoxy) is 2. The summed E-state index contributed by atoms with van der Waals surface area (Å²) in [5, 5.41) is 5.84. The Morgan fingerprint density at radius 2 is 2.08 bits per heavy atom. The number of carbonyl (C=O) groups is 1. The van der Waals surface area contributed by atoms with Crippen molar-refractivity contribution in [3.8, 4) is 5.75 Å². The molecule has 0 aliphatic carbocycles. The summed E-state index contributed by atoms with van der Waals surface area (Å²) in [5.41, 5.74) is 0.688. The zero-order chi connectivity index (χ0) is 16.8. The minimum absolute atomic E-state index is 0.175. The summed E-state index contributed by atoms with van der Waals surface area (Å²) < 4.78 is 10.7. The minimum Gasteiger partial charge on any atom is -0.495 e. The predicted octanol–water partition coefficient (Wildman–Crippen LogP) is 2.32. The van der Waals surface area contributed by atoms with Crippen molar-refractivity contribution >= 4 is 11.7 Å². The first kappa shape index (κ1) is 17.0. The second-order valence-corrected chi connectivity index (χ2v) is 6.53. The van der Waals surface area contributed by atoms with Crippen LogP contribution in [0, 0.1) is 5.92 Å². The Morgan fingerprint density at radius 3 is 2.79 bits per heavy atom. The average Bonchev–Trinajstić information content (AvgIpc) is 3.15. The lowest BCUT2D eigenvalue weighted by Crippen LogP contribution is -2.44. The van der Waals surface area contributed by atoms with Crippen LogP contribution in [0.4, 0.5) is 10.5 Å². The third kappa shape index (κ3) is 4.39. The number of hydrogen-bond donors (Lipinski definition) is 2. The van der Waals surface area contributed by atoms with Crippen molar-refractivity contribution in [2.24, 2.45) is 5.92 Å². The van der Waals surface area contributed by atoms with Gasteiger partial charge in [-0.2, -0.15) is 0 Å². The summed E-state index contributed by atoms with van der Waals surface area (Å²) in [6, 6.07) is 7.85. The van der Waals surface area contributed by atoms with Crippen molar-refractivity contribution < 1.29 is 14.3 Å². The van der Waals surface area contributed by atoms with Gasteiger partial charge in [0.1, 0.15) is 5.75 Å². The van der Waals surface area contributed by atoms with Gasteiger partial charge in [0.15, 0.2) is 0 Å². The molecule has 0 bridgehead atoms. The first-order chi connectivity index (χ1) is 11.8. The number of carbonyl (C=O) groups excluding carboxylic acids is 1. The van der Waals surface area contributed by atoms with E-state index in [4.69, 9.17) is 9.47 Å². The van der Waals surface area contributed by atoms with Gasteiger partial charge in [-0.15, -0.1) is 0 Å². The molecule has 0 radical (unpaired) electrons. The molecule has 0 spiro atoms. The van der Waals surface area contributed by atoms with E-state index in [-0.39, 0.29) is 6.03 Å². The maximum Gasteiger partial charge on any atom is 0.319 e. The third-order valence-corrected chi connectivity index (χ3v) is 4.98. The summed E-state index contributed by atoms with van der Waals surface area (Å²) in [5.74, 6) is 1.21. The number of likely N-dealkylation sites (tertiary alicyclic amines) is 1. The van der Waals surface area contributed by atoms with E-state index >= 15 is 0 Å². The normalized spacial score (nSPS) is 22.3. The molecule has 2 saturated heterocycles. The molecular formula is C18H27N3O3. The van der Waals surface area contributed by atoms with Crippen molar-refractivity contribution in [3.63, 3.8) is 0 Å². The van der Waals surface area contributed by atoms with Gasteiger partial charge in [0.25, 0.3) is 0 Å². The van der Waals surface area contributed by atoms with Gasteiger partial charge in [0.05, 0.1) is 19.4 Å². The highest BCUT2D eigenvalue weighted by atomic mass is 16.5. The number of rotatable bonds is 5. The van der Waals surface area contributed by atoms with Crippen molar-refractivity contribution in [1.82, 2.24) is 10.2 Å². The number of urea groups is 1. The molecule has 24 heavy (non-hydrogen) atoms. The van der Waals surface area contributed by atoms with Gasteiger partial charge in [-0.3, -0.25) is 4.90 Å². The molecule has 1 unspecified atom stereocenters. The lowest BCUT2D eigenvalue weighted by molar-refractivity contribution is 0.110. The minimum atomic E-state index is -0.175. The van der Waals surface area contributed by atoms with Crippen LogP contribution in [-0.4, -0.2) is 56.9 Å². The van der Waals surface area contributed by atoms with E-state index in [2.05, 4.69) is 15.5 Å². The van der Waals surface area contributed by atoms with Gasteiger partial charge in [-0.1, -0.05) is 12.1 Å². The lowest BCUT2D eigenvalue weighted by Gasteiger charge is -2.35.